The van der Waals surface area contributed by atoms with Gasteiger partial charge in [-0.3, -0.25) is 0 Å². The summed E-state index contributed by atoms with van der Waals surface area (Å²) in [5, 5.41) is 5.53. The molecule has 0 aromatic heterocycles. The van der Waals surface area contributed by atoms with Gasteiger partial charge in [0.2, 0.25) is 0 Å². The molecule has 0 radical (unpaired) electrons. The summed E-state index contributed by atoms with van der Waals surface area (Å²) < 4.78 is 0. The van der Waals surface area contributed by atoms with Crippen LogP contribution in [0.25, 0.3) is 0 Å². The van der Waals surface area contributed by atoms with Gasteiger partial charge in [0.25, 0.3) is 0 Å². The van der Waals surface area contributed by atoms with Crippen LogP contribution in [0.3, 0.4) is 0 Å². The summed E-state index contributed by atoms with van der Waals surface area (Å²) in [4.78, 5) is 11.3. The molecule has 0 atom stereocenters. The Balaban J connectivity index is 2.26. The molecular weight excluding hydrogens is 224 g/mol. The fraction of sp³-hybridized carbons (Fsp3) is 0.417. The minimum atomic E-state index is -0.147. The molecule has 0 fully saturated rings. The lowest BCUT2D eigenvalue weighted by Crippen LogP contribution is -2.35. The van der Waals surface area contributed by atoms with Crippen molar-refractivity contribution in [3.05, 3.63) is 35.4 Å². The van der Waals surface area contributed by atoms with Gasteiger partial charge in [-0.1, -0.05) is 29.8 Å². The number of nitrogens with one attached hydrogen (secondary N) is 2. The summed E-state index contributed by atoms with van der Waals surface area (Å²) in [6, 6.07) is 7.92. The van der Waals surface area contributed by atoms with Crippen LogP contribution < -0.4 is 10.6 Å². The maximum absolute atomic E-state index is 11.3. The number of urea groups is 1. The maximum atomic E-state index is 11.3. The Hall–Kier alpha value is -1.22. The molecule has 0 bridgehead atoms. The molecule has 0 spiro atoms. The van der Waals surface area contributed by atoms with Crippen molar-refractivity contribution in [1.29, 1.82) is 0 Å². The summed E-state index contributed by atoms with van der Waals surface area (Å²) in [6.45, 7) is 3.20. The Morgan fingerprint density at radius 3 is 2.88 bits per heavy atom. The van der Waals surface area contributed by atoms with E-state index < -0.39 is 0 Å². The van der Waals surface area contributed by atoms with Crippen LogP contribution in [0.2, 0.25) is 0 Å². The number of alkyl halides is 1. The summed E-state index contributed by atoms with van der Waals surface area (Å²) in [5.74, 6) is 0.568. The normalized spacial score (nSPS) is 9.88. The van der Waals surface area contributed by atoms with E-state index in [1.807, 2.05) is 25.1 Å². The Labute approximate surface area is 101 Å². The average Bonchev–Trinajstić information content (AvgIpc) is 2.27. The molecule has 0 heterocycles. The standard InChI is InChI=1S/C12H17ClN2O/c1-10-4-2-5-11(8-10)9-15-12(16)14-7-3-6-13/h2,4-5,8H,3,6-7,9H2,1H3,(H2,14,15,16). The molecule has 2 N–H and O–H groups in total. The second kappa shape index (κ2) is 7.12. The number of carbonyl (C=O) groups excluding carboxylic acids is 1. The number of halogens is 1. The van der Waals surface area contributed by atoms with E-state index in [0.717, 1.165) is 12.0 Å². The number of rotatable bonds is 5. The third-order valence-corrected chi connectivity index (χ3v) is 2.40. The zero-order valence-electron chi connectivity index (χ0n) is 9.42. The summed E-state index contributed by atoms with van der Waals surface area (Å²) >= 11 is 5.50. The molecule has 88 valence electrons. The van der Waals surface area contributed by atoms with Crippen LogP contribution in [0.15, 0.2) is 24.3 Å². The van der Waals surface area contributed by atoms with E-state index in [2.05, 4.69) is 16.7 Å². The fourth-order valence-electron chi connectivity index (χ4n) is 1.34. The highest BCUT2D eigenvalue weighted by Crippen LogP contribution is 2.02. The molecule has 3 nitrogen and oxygen atoms in total. The molecule has 2 amide bonds. The van der Waals surface area contributed by atoms with Gasteiger partial charge in [-0.15, -0.1) is 11.6 Å². The maximum Gasteiger partial charge on any atom is 0.315 e. The summed E-state index contributed by atoms with van der Waals surface area (Å²) in [7, 11) is 0. The van der Waals surface area contributed by atoms with Crippen LogP contribution >= 0.6 is 11.6 Å². The van der Waals surface area contributed by atoms with Crippen LogP contribution in [0.1, 0.15) is 17.5 Å². The van der Waals surface area contributed by atoms with Crippen molar-refractivity contribution in [3.63, 3.8) is 0 Å². The number of carbonyl (C=O) groups is 1. The Morgan fingerprint density at radius 2 is 2.19 bits per heavy atom. The molecular formula is C12H17ClN2O. The number of amides is 2. The number of benzene rings is 1. The first-order valence-corrected chi connectivity index (χ1v) is 5.89. The van der Waals surface area contributed by atoms with Crippen LogP contribution in [0.5, 0.6) is 0 Å². The van der Waals surface area contributed by atoms with Gasteiger partial charge < -0.3 is 10.6 Å². The van der Waals surface area contributed by atoms with Crippen molar-refractivity contribution in [2.75, 3.05) is 12.4 Å². The predicted molar refractivity (Wildman–Crippen MR) is 66.8 cm³/mol. The van der Waals surface area contributed by atoms with Crippen molar-refractivity contribution in [2.24, 2.45) is 0 Å². The molecule has 0 unspecified atom stereocenters. The van der Waals surface area contributed by atoms with Gasteiger partial charge >= 0.3 is 6.03 Å². The highest BCUT2D eigenvalue weighted by molar-refractivity contribution is 6.17. The van der Waals surface area contributed by atoms with Gasteiger partial charge in [-0.2, -0.15) is 0 Å². The topological polar surface area (TPSA) is 41.1 Å². The lowest BCUT2D eigenvalue weighted by atomic mass is 10.1. The molecule has 1 aromatic rings. The van der Waals surface area contributed by atoms with E-state index in [0.29, 0.717) is 19.0 Å². The van der Waals surface area contributed by atoms with Gasteiger partial charge in [0.1, 0.15) is 0 Å². The molecule has 0 saturated heterocycles. The third-order valence-electron chi connectivity index (χ3n) is 2.13. The van der Waals surface area contributed by atoms with Gasteiger partial charge in [-0.25, -0.2) is 4.79 Å². The lowest BCUT2D eigenvalue weighted by molar-refractivity contribution is 0.240. The van der Waals surface area contributed by atoms with Gasteiger partial charge in [0.15, 0.2) is 0 Å². The van der Waals surface area contributed by atoms with Gasteiger partial charge in [0, 0.05) is 19.0 Å². The molecule has 0 aliphatic rings. The van der Waals surface area contributed by atoms with Crippen LogP contribution in [0, 0.1) is 6.92 Å². The molecule has 4 heteroatoms. The SMILES string of the molecule is Cc1cccc(CNC(=O)NCCCCl)c1. The van der Waals surface area contributed by atoms with E-state index in [-0.39, 0.29) is 6.03 Å². The number of aryl methyl sites for hydroxylation is 1. The minimum Gasteiger partial charge on any atom is -0.338 e. The summed E-state index contributed by atoms with van der Waals surface area (Å²) in [5.41, 5.74) is 2.30. The second-order valence-electron chi connectivity index (χ2n) is 3.64. The number of hydrogen-bond donors (Lipinski definition) is 2. The van der Waals surface area contributed by atoms with E-state index in [1.165, 1.54) is 5.56 Å². The first-order chi connectivity index (χ1) is 7.72. The third kappa shape index (κ3) is 5.03. The largest absolute Gasteiger partial charge is 0.338 e. The minimum absolute atomic E-state index is 0.147. The summed E-state index contributed by atoms with van der Waals surface area (Å²) in [6.07, 6.45) is 0.791. The fourth-order valence-corrected chi connectivity index (χ4v) is 1.47. The molecule has 1 rings (SSSR count). The van der Waals surface area contributed by atoms with Crippen molar-refractivity contribution in [2.45, 2.75) is 19.9 Å². The predicted octanol–water partition coefficient (Wildman–Crippen LogP) is 2.42. The first kappa shape index (κ1) is 12.8. The zero-order valence-corrected chi connectivity index (χ0v) is 10.2. The molecule has 0 saturated carbocycles. The van der Waals surface area contributed by atoms with Crippen molar-refractivity contribution in [3.8, 4) is 0 Å². The molecule has 0 aliphatic heterocycles. The number of hydrogen-bond acceptors (Lipinski definition) is 1. The Morgan fingerprint density at radius 1 is 1.38 bits per heavy atom. The first-order valence-electron chi connectivity index (χ1n) is 5.35. The van der Waals surface area contributed by atoms with Crippen LogP contribution in [0.4, 0.5) is 4.79 Å². The lowest BCUT2D eigenvalue weighted by Gasteiger charge is -2.07. The average molecular weight is 241 g/mol. The smallest absolute Gasteiger partial charge is 0.315 e. The van der Waals surface area contributed by atoms with E-state index in [1.54, 1.807) is 0 Å². The highest BCUT2D eigenvalue weighted by Gasteiger charge is 1.99. The van der Waals surface area contributed by atoms with Gasteiger partial charge in [-0.05, 0) is 18.9 Å². The molecule has 0 aliphatic carbocycles. The van der Waals surface area contributed by atoms with Crippen LogP contribution in [-0.4, -0.2) is 18.5 Å². The van der Waals surface area contributed by atoms with Crippen molar-refractivity contribution >= 4 is 17.6 Å². The van der Waals surface area contributed by atoms with Crippen LogP contribution in [-0.2, 0) is 6.54 Å². The van der Waals surface area contributed by atoms with E-state index in [9.17, 15) is 4.79 Å². The zero-order chi connectivity index (χ0) is 11.8. The van der Waals surface area contributed by atoms with Gasteiger partial charge in [0.05, 0.1) is 0 Å². The second-order valence-corrected chi connectivity index (χ2v) is 4.02. The van der Waals surface area contributed by atoms with E-state index >= 15 is 0 Å². The highest BCUT2D eigenvalue weighted by atomic mass is 35.5. The van der Waals surface area contributed by atoms with Crippen molar-refractivity contribution in [1.82, 2.24) is 10.6 Å². The Bertz CT molecular complexity index is 342. The Kier molecular flexibility index (Phi) is 5.72. The van der Waals surface area contributed by atoms with E-state index in [4.69, 9.17) is 11.6 Å². The monoisotopic (exact) mass is 240 g/mol. The van der Waals surface area contributed by atoms with Crippen molar-refractivity contribution < 1.29 is 4.79 Å². The molecule has 1 aromatic carbocycles. The quantitative estimate of drug-likeness (QED) is 0.602. The molecule has 16 heavy (non-hydrogen) atoms.